The van der Waals surface area contributed by atoms with Crippen LogP contribution in [0.2, 0.25) is 0 Å². The average Bonchev–Trinajstić information content (AvgIpc) is 2.65. The fourth-order valence-electron chi connectivity index (χ4n) is 2.10. The predicted molar refractivity (Wildman–Crippen MR) is 53.1 cm³/mol. The molecule has 2 aliphatic heterocycles. The lowest BCUT2D eigenvalue weighted by Gasteiger charge is -2.20. The zero-order valence-electron chi connectivity index (χ0n) is 7.46. The molecule has 0 saturated carbocycles. The molecule has 0 spiro atoms. The average molecular weight is 172 g/mol. The van der Waals surface area contributed by atoms with Crippen molar-refractivity contribution in [2.45, 2.75) is 0 Å². The summed E-state index contributed by atoms with van der Waals surface area (Å²) in [5.41, 5.74) is 1.46. The molecule has 0 unspecified atom stereocenters. The Morgan fingerprint density at radius 3 is 3.15 bits per heavy atom. The number of rotatable bonds is 0. The highest BCUT2D eigenvalue weighted by atomic mass is 15.3. The number of benzene rings is 1. The van der Waals surface area contributed by atoms with E-state index in [2.05, 4.69) is 40.6 Å². The summed E-state index contributed by atoms with van der Waals surface area (Å²) in [4.78, 5) is 2.39. The van der Waals surface area contributed by atoms with Crippen molar-refractivity contribution < 1.29 is 0 Å². The molecule has 2 aliphatic rings. The van der Waals surface area contributed by atoms with Crippen molar-refractivity contribution in [2.75, 3.05) is 19.8 Å². The molecular weight excluding hydrogens is 160 g/mol. The Morgan fingerprint density at radius 1 is 1.23 bits per heavy atom. The lowest BCUT2D eigenvalue weighted by molar-refractivity contribution is 0.467. The van der Waals surface area contributed by atoms with Crippen molar-refractivity contribution in [3.8, 4) is 0 Å². The van der Waals surface area contributed by atoms with E-state index in [1.807, 2.05) is 0 Å². The predicted octanol–water partition coefficient (Wildman–Crippen LogP) is -0.548. The van der Waals surface area contributed by atoms with Crippen LogP contribution in [-0.4, -0.2) is 24.7 Å². The van der Waals surface area contributed by atoms with E-state index in [1.54, 1.807) is 0 Å². The third-order valence-electron chi connectivity index (χ3n) is 2.78. The molecule has 1 fully saturated rings. The summed E-state index contributed by atoms with van der Waals surface area (Å²) >= 11 is 0. The Morgan fingerprint density at radius 2 is 2.15 bits per heavy atom. The number of nitrogens with one attached hydrogen (secondary N) is 1. The van der Waals surface area contributed by atoms with Gasteiger partial charge in [-0.3, -0.25) is 5.32 Å². The normalized spacial score (nSPS) is 19.4. The summed E-state index contributed by atoms with van der Waals surface area (Å²) in [6.07, 6.45) is 2.30. The fourth-order valence-corrected chi connectivity index (χ4v) is 2.10. The van der Waals surface area contributed by atoms with E-state index in [9.17, 15) is 0 Å². The maximum atomic E-state index is 3.37. The van der Waals surface area contributed by atoms with Crippen molar-refractivity contribution in [1.29, 1.82) is 0 Å². The second-order valence-electron chi connectivity index (χ2n) is 3.55. The van der Waals surface area contributed by atoms with Gasteiger partial charge in [-0.15, -0.1) is 0 Å². The second kappa shape index (κ2) is 2.60. The molecule has 1 saturated heterocycles. The Balaban J connectivity index is 2.38. The fraction of sp³-hybridized carbons (Fsp3) is 0.273. The summed E-state index contributed by atoms with van der Waals surface area (Å²) in [7, 11) is 0. The molecule has 0 aromatic heterocycles. The summed E-state index contributed by atoms with van der Waals surface area (Å²) in [6.45, 7) is 3.07. The Bertz CT molecular complexity index is 447. The van der Waals surface area contributed by atoms with Gasteiger partial charge in [0.25, 0.3) is 0 Å². The van der Waals surface area contributed by atoms with Crippen molar-refractivity contribution in [3.63, 3.8) is 0 Å². The van der Waals surface area contributed by atoms with Gasteiger partial charge in [-0.2, -0.15) is 0 Å². The standard InChI is InChI=1S/C11H12N2/c1-2-4-10-9(3-1)5-6-13-8-12-7-11(10)13/h1-5,12H,6-8H2. The minimum absolute atomic E-state index is 1.00. The van der Waals surface area contributed by atoms with Crippen LogP contribution in [0.3, 0.4) is 0 Å². The third kappa shape index (κ3) is 0.988. The topological polar surface area (TPSA) is 15.3 Å². The van der Waals surface area contributed by atoms with E-state index < -0.39 is 0 Å². The van der Waals surface area contributed by atoms with Gasteiger partial charge in [0.05, 0.1) is 6.67 Å². The van der Waals surface area contributed by atoms with Gasteiger partial charge >= 0.3 is 0 Å². The Kier molecular flexibility index (Phi) is 1.43. The van der Waals surface area contributed by atoms with Crippen LogP contribution in [0.5, 0.6) is 0 Å². The van der Waals surface area contributed by atoms with Crippen molar-refractivity contribution in [3.05, 3.63) is 34.7 Å². The maximum Gasteiger partial charge on any atom is 0.0686 e. The first-order valence-corrected chi connectivity index (χ1v) is 4.69. The molecule has 1 aromatic rings. The van der Waals surface area contributed by atoms with E-state index in [0.29, 0.717) is 0 Å². The molecule has 0 radical (unpaired) electrons. The third-order valence-corrected chi connectivity index (χ3v) is 2.78. The molecule has 1 N–H and O–H groups in total. The monoisotopic (exact) mass is 172 g/mol. The zero-order valence-corrected chi connectivity index (χ0v) is 7.46. The Labute approximate surface area is 77.2 Å². The van der Waals surface area contributed by atoms with E-state index in [0.717, 1.165) is 19.8 Å². The smallest absolute Gasteiger partial charge is 0.0686 e. The van der Waals surface area contributed by atoms with Crippen LogP contribution < -0.4 is 15.8 Å². The van der Waals surface area contributed by atoms with E-state index in [-0.39, 0.29) is 0 Å². The summed E-state index contributed by atoms with van der Waals surface area (Å²) in [5.74, 6) is 0. The highest BCUT2D eigenvalue weighted by Crippen LogP contribution is 2.08. The number of nitrogens with zero attached hydrogens (tertiary/aromatic N) is 1. The van der Waals surface area contributed by atoms with Crippen LogP contribution in [-0.2, 0) is 0 Å². The number of fused-ring (bicyclic) bond motifs is 2. The van der Waals surface area contributed by atoms with Crippen LogP contribution in [0.4, 0.5) is 0 Å². The van der Waals surface area contributed by atoms with Crippen LogP contribution in [0.25, 0.3) is 11.8 Å². The second-order valence-corrected chi connectivity index (χ2v) is 3.55. The van der Waals surface area contributed by atoms with Crippen LogP contribution in [0.15, 0.2) is 24.3 Å². The van der Waals surface area contributed by atoms with Gasteiger partial charge in [0.15, 0.2) is 0 Å². The molecule has 2 heteroatoms. The number of hydrogen-bond acceptors (Lipinski definition) is 2. The lowest BCUT2D eigenvalue weighted by atomic mass is 10.1. The van der Waals surface area contributed by atoms with Crippen molar-refractivity contribution in [2.24, 2.45) is 0 Å². The molecule has 66 valence electrons. The largest absolute Gasteiger partial charge is 0.357 e. The molecule has 0 amide bonds. The molecule has 0 atom stereocenters. The molecule has 13 heavy (non-hydrogen) atoms. The number of hydrogen-bond donors (Lipinski definition) is 1. The first-order chi connectivity index (χ1) is 6.45. The maximum absolute atomic E-state index is 3.37. The van der Waals surface area contributed by atoms with Crippen molar-refractivity contribution >= 4 is 11.8 Å². The zero-order chi connectivity index (χ0) is 8.67. The van der Waals surface area contributed by atoms with Crippen LogP contribution in [0.1, 0.15) is 0 Å². The van der Waals surface area contributed by atoms with Gasteiger partial charge in [0.2, 0.25) is 0 Å². The summed E-state index contributed by atoms with van der Waals surface area (Å²) < 4.78 is 0. The van der Waals surface area contributed by atoms with Gasteiger partial charge in [-0.05, 0) is 5.22 Å². The van der Waals surface area contributed by atoms with Gasteiger partial charge in [-0.1, -0.05) is 30.3 Å². The van der Waals surface area contributed by atoms with E-state index in [4.69, 9.17) is 0 Å². The van der Waals surface area contributed by atoms with Gasteiger partial charge in [0, 0.05) is 24.0 Å². The molecular formula is C11H12N2. The van der Waals surface area contributed by atoms with E-state index >= 15 is 0 Å². The first-order valence-electron chi connectivity index (χ1n) is 4.69. The lowest BCUT2D eigenvalue weighted by Crippen LogP contribution is -2.37. The molecule has 3 rings (SSSR count). The summed E-state index contributed by atoms with van der Waals surface area (Å²) in [6, 6.07) is 8.62. The summed E-state index contributed by atoms with van der Waals surface area (Å²) in [5, 5.41) is 6.16. The molecule has 2 heterocycles. The Hall–Kier alpha value is -1.28. The highest BCUT2D eigenvalue weighted by Gasteiger charge is 2.17. The first kappa shape index (κ1) is 7.15. The molecule has 2 nitrogen and oxygen atoms in total. The quantitative estimate of drug-likeness (QED) is 0.565. The molecule has 0 aliphatic carbocycles. The van der Waals surface area contributed by atoms with E-state index in [1.165, 1.54) is 16.1 Å². The van der Waals surface area contributed by atoms with Crippen LogP contribution >= 0.6 is 0 Å². The van der Waals surface area contributed by atoms with Gasteiger partial charge < -0.3 is 4.90 Å². The van der Waals surface area contributed by atoms with Gasteiger partial charge in [0.1, 0.15) is 0 Å². The van der Waals surface area contributed by atoms with Gasteiger partial charge in [-0.25, -0.2) is 0 Å². The SMILES string of the molecule is C1=c2ccccc2=C2CNCN2C1. The highest BCUT2D eigenvalue weighted by molar-refractivity contribution is 5.53. The minimum atomic E-state index is 1.00. The van der Waals surface area contributed by atoms with Crippen molar-refractivity contribution in [1.82, 2.24) is 10.2 Å². The van der Waals surface area contributed by atoms with Crippen LogP contribution in [0, 0.1) is 0 Å². The minimum Gasteiger partial charge on any atom is -0.357 e. The molecule has 0 bridgehead atoms. The molecule has 1 aromatic carbocycles.